The lowest BCUT2D eigenvalue weighted by atomic mass is 10.1. The maximum Gasteiger partial charge on any atom is 0.102 e. The fourth-order valence-electron chi connectivity index (χ4n) is 2.50. The summed E-state index contributed by atoms with van der Waals surface area (Å²) in [5.41, 5.74) is 8.03. The van der Waals surface area contributed by atoms with Gasteiger partial charge in [-0.1, -0.05) is 22.0 Å². The molecule has 0 aliphatic carbocycles. The number of nitrogens with zero attached hydrogens (tertiary/aromatic N) is 1. The normalized spacial score (nSPS) is 23.1. The second-order valence-electron chi connectivity index (χ2n) is 4.77. The van der Waals surface area contributed by atoms with Crippen molar-refractivity contribution < 1.29 is 9.47 Å². The molecule has 1 aromatic rings. The Morgan fingerprint density at radius 2 is 1.89 bits per heavy atom. The lowest BCUT2D eigenvalue weighted by Gasteiger charge is -2.19. The van der Waals surface area contributed by atoms with Gasteiger partial charge in [0.05, 0.1) is 0 Å². The topological polar surface area (TPSA) is 47.7 Å². The van der Waals surface area contributed by atoms with Crippen LogP contribution < -0.4 is 10.6 Å². The summed E-state index contributed by atoms with van der Waals surface area (Å²) in [7, 11) is 3.47. The Hall–Kier alpha value is -0.620. The van der Waals surface area contributed by atoms with Crippen LogP contribution in [0.1, 0.15) is 5.56 Å². The molecular formula is C14H21BrN2O2. The van der Waals surface area contributed by atoms with E-state index in [2.05, 4.69) is 39.0 Å². The second-order valence-corrected chi connectivity index (χ2v) is 5.62. The standard InChI is InChI=1S/C14H21BrN2O2/c1-18-13-8-17(9-14(13)19-2)11-4-3-10(5-6-16)12(15)7-11/h3-4,7,13-14H,5-6,8-9,16H2,1-2H3. The molecule has 0 saturated carbocycles. The number of rotatable bonds is 5. The Bertz CT molecular complexity index is 416. The number of methoxy groups -OCH3 is 2. The summed E-state index contributed by atoms with van der Waals surface area (Å²) >= 11 is 3.61. The first-order valence-corrected chi connectivity index (χ1v) is 7.28. The highest BCUT2D eigenvalue weighted by molar-refractivity contribution is 9.10. The third kappa shape index (κ3) is 3.28. The Kier molecular flexibility index (Phi) is 5.21. The van der Waals surface area contributed by atoms with E-state index < -0.39 is 0 Å². The minimum atomic E-state index is 0.132. The Morgan fingerprint density at radius 3 is 2.37 bits per heavy atom. The molecule has 1 heterocycles. The lowest BCUT2D eigenvalue weighted by molar-refractivity contribution is -0.00461. The van der Waals surface area contributed by atoms with Gasteiger partial charge in [0.15, 0.2) is 0 Å². The fraction of sp³-hybridized carbons (Fsp3) is 0.571. The van der Waals surface area contributed by atoms with E-state index in [1.165, 1.54) is 11.3 Å². The number of anilines is 1. The van der Waals surface area contributed by atoms with Crippen molar-refractivity contribution in [2.75, 3.05) is 38.8 Å². The highest BCUT2D eigenvalue weighted by Gasteiger charge is 2.33. The van der Waals surface area contributed by atoms with Gasteiger partial charge in [0.25, 0.3) is 0 Å². The van der Waals surface area contributed by atoms with Gasteiger partial charge in [-0.3, -0.25) is 0 Å². The number of ether oxygens (including phenoxy) is 2. The molecule has 4 nitrogen and oxygen atoms in total. The van der Waals surface area contributed by atoms with Gasteiger partial charge in [-0.2, -0.15) is 0 Å². The zero-order valence-corrected chi connectivity index (χ0v) is 13.0. The van der Waals surface area contributed by atoms with Crippen molar-refractivity contribution in [3.63, 3.8) is 0 Å². The summed E-state index contributed by atoms with van der Waals surface area (Å²) in [4.78, 5) is 2.29. The summed E-state index contributed by atoms with van der Waals surface area (Å²) in [6, 6.07) is 6.42. The minimum absolute atomic E-state index is 0.132. The van der Waals surface area contributed by atoms with Crippen LogP contribution in [-0.4, -0.2) is 46.1 Å². The third-order valence-electron chi connectivity index (χ3n) is 3.64. The number of halogens is 1. The van der Waals surface area contributed by atoms with Gasteiger partial charge in [0.1, 0.15) is 12.2 Å². The maximum atomic E-state index is 5.60. The summed E-state index contributed by atoms with van der Waals surface area (Å²) < 4.78 is 12.0. The van der Waals surface area contributed by atoms with E-state index >= 15 is 0 Å². The molecule has 2 rings (SSSR count). The van der Waals surface area contributed by atoms with E-state index in [9.17, 15) is 0 Å². The molecule has 0 aromatic heterocycles. The molecule has 2 atom stereocenters. The van der Waals surface area contributed by atoms with E-state index in [0.29, 0.717) is 6.54 Å². The van der Waals surface area contributed by atoms with Crippen LogP contribution in [0, 0.1) is 0 Å². The average molecular weight is 329 g/mol. The fourth-order valence-corrected chi connectivity index (χ4v) is 3.06. The van der Waals surface area contributed by atoms with E-state index in [0.717, 1.165) is 24.0 Å². The Balaban J connectivity index is 2.13. The quantitative estimate of drug-likeness (QED) is 0.895. The average Bonchev–Trinajstić information content (AvgIpc) is 2.84. The summed E-state index contributed by atoms with van der Waals surface area (Å²) in [6.07, 6.45) is 1.16. The van der Waals surface area contributed by atoms with Crippen molar-refractivity contribution in [1.29, 1.82) is 0 Å². The van der Waals surface area contributed by atoms with Gasteiger partial charge >= 0.3 is 0 Å². The highest BCUT2D eigenvalue weighted by Crippen LogP contribution is 2.28. The van der Waals surface area contributed by atoms with Crippen molar-refractivity contribution in [1.82, 2.24) is 0 Å². The van der Waals surface area contributed by atoms with Crippen LogP contribution in [0.5, 0.6) is 0 Å². The molecule has 0 bridgehead atoms. The molecule has 1 aliphatic rings. The van der Waals surface area contributed by atoms with Crippen molar-refractivity contribution >= 4 is 21.6 Å². The molecule has 2 N–H and O–H groups in total. The van der Waals surface area contributed by atoms with E-state index in [1.54, 1.807) is 14.2 Å². The highest BCUT2D eigenvalue weighted by atomic mass is 79.9. The molecule has 0 amide bonds. The van der Waals surface area contributed by atoms with Crippen LogP contribution in [0.4, 0.5) is 5.69 Å². The predicted octanol–water partition coefficient (Wildman–Crippen LogP) is 1.80. The molecule has 2 unspecified atom stereocenters. The van der Waals surface area contributed by atoms with Gasteiger partial charge in [0.2, 0.25) is 0 Å². The molecular weight excluding hydrogens is 308 g/mol. The van der Waals surface area contributed by atoms with Gasteiger partial charge < -0.3 is 20.1 Å². The minimum Gasteiger partial charge on any atom is -0.377 e. The summed E-state index contributed by atoms with van der Waals surface area (Å²) in [5, 5.41) is 0. The number of benzene rings is 1. The number of nitrogens with two attached hydrogens (primary N) is 1. The zero-order chi connectivity index (χ0) is 13.8. The smallest absolute Gasteiger partial charge is 0.102 e. The number of hydrogen-bond donors (Lipinski definition) is 1. The first-order chi connectivity index (χ1) is 9.19. The molecule has 1 fully saturated rings. The van der Waals surface area contributed by atoms with Crippen LogP contribution in [0.15, 0.2) is 22.7 Å². The molecule has 19 heavy (non-hydrogen) atoms. The van der Waals surface area contributed by atoms with E-state index in [1.807, 2.05) is 0 Å². The second kappa shape index (κ2) is 6.70. The SMILES string of the molecule is COC1CN(c2ccc(CCN)c(Br)c2)CC1OC. The van der Waals surface area contributed by atoms with Gasteiger partial charge in [-0.05, 0) is 30.7 Å². The third-order valence-corrected chi connectivity index (χ3v) is 4.37. The molecule has 0 radical (unpaired) electrons. The molecule has 106 valence electrons. The molecule has 5 heteroatoms. The van der Waals surface area contributed by atoms with Gasteiger partial charge in [0, 0.05) is 37.5 Å². The summed E-state index contributed by atoms with van der Waals surface area (Å²) in [5.74, 6) is 0. The lowest BCUT2D eigenvalue weighted by Crippen LogP contribution is -2.27. The molecule has 1 saturated heterocycles. The van der Waals surface area contributed by atoms with Crippen molar-refractivity contribution in [3.05, 3.63) is 28.2 Å². The van der Waals surface area contributed by atoms with Crippen LogP contribution in [-0.2, 0) is 15.9 Å². The first-order valence-electron chi connectivity index (χ1n) is 6.48. The van der Waals surface area contributed by atoms with E-state index in [4.69, 9.17) is 15.2 Å². The Labute approximate surface area is 123 Å². The predicted molar refractivity (Wildman–Crippen MR) is 80.7 cm³/mol. The van der Waals surface area contributed by atoms with Crippen LogP contribution in [0.3, 0.4) is 0 Å². The van der Waals surface area contributed by atoms with E-state index in [-0.39, 0.29) is 12.2 Å². The largest absolute Gasteiger partial charge is 0.377 e. The monoisotopic (exact) mass is 328 g/mol. The van der Waals surface area contributed by atoms with Gasteiger partial charge in [-0.25, -0.2) is 0 Å². The van der Waals surface area contributed by atoms with Crippen LogP contribution >= 0.6 is 15.9 Å². The Morgan fingerprint density at radius 1 is 1.26 bits per heavy atom. The number of hydrogen-bond acceptors (Lipinski definition) is 4. The van der Waals surface area contributed by atoms with Crippen LogP contribution in [0.2, 0.25) is 0 Å². The zero-order valence-electron chi connectivity index (χ0n) is 11.4. The van der Waals surface area contributed by atoms with Crippen LogP contribution in [0.25, 0.3) is 0 Å². The molecule has 1 aromatic carbocycles. The van der Waals surface area contributed by atoms with Crippen molar-refractivity contribution in [2.45, 2.75) is 18.6 Å². The maximum absolute atomic E-state index is 5.60. The van der Waals surface area contributed by atoms with Crippen molar-refractivity contribution in [2.24, 2.45) is 5.73 Å². The summed E-state index contributed by atoms with van der Waals surface area (Å²) in [6.45, 7) is 2.38. The first kappa shape index (κ1) is 14.8. The molecule has 1 aliphatic heterocycles. The molecule has 0 spiro atoms. The van der Waals surface area contributed by atoms with Gasteiger partial charge in [-0.15, -0.1) is 0 Å². The van der Waals surface area contributed by atoms with Crippen molar-refractivity contribution in [3.8, 4) is 0 Å².